The van der Waals surface area contributed by atoms with E-state index in [9.17, 15) is 4.79 Å². The summed E-state index contributed by atoms with van der Waals surface area (Å²) in [6.45, 7) is 4.66. The van der Waals surface area contributed by atoms with E-state index in [4.69, 9.17) is 0 Å². The minimum absolute atomic E-state index is 0.00178. The summed E-state index contributed by atoms with van der Waals surface area (Å²) in [5.74, 6) is -0.00178. The molecule has 0 unspecified atom stereocenters. The van der Waals surface area contributed by atoms with Gasteiger partial charge in [0.1, 0.15) is 5.69 Å². The number of aromatic nitrogens is 2. The van der Waals surface area contributed by atoms with Gasteiger partial charge in [0.15, 0.2) is 0 Å². The Morgan fingerprint density at radius 1 is 1.64 bits per heavy atom. The number of hydrogen-bond acceptors (Lipinski definition) is 2. The van der Waals surface area contributed by atoms with Gasteiger partial charge in [0.05, 0.1) is 10.7 Å². The van der Waals surface area contributed by atoms with Crippen LogP contribution in [0.1, 0.15) is 30.8 Å². The Morgan fingerprint density at radius 3 is 2.93 bits per heavy atom. The first-order chi connectivity index (χ1) is 6.70. The molecule has 1 rings (SSSR count). The number of ketones is 1. The molecule has 4 heteroatoms. The average Bonchev–Trinajstić information content (AvgIpc) is 2.56. The largest absolute Gasteiger partial charge is 0.288 e. The highest BCUT2D eigenvalue weighted by molar-refractivity contribution is 9.10. The average molecular weight is 257 g/mol. The lowest BCUT2D eigenvalue weighted by atomic mass is 10.2. The molecule has 0 saturated heterocycles. The molecule has 1 aromatic heterocycles. The predicted molar refractivity (Wildman–Crippen MR) is 59.4 cm³/mol. The Morgan fingerprint density at radius 2 is 2.36 bits per heavy atom. The van der Waals surface area contributed by atoms with Crippen molar-refractivity contribution in [3.8, 4) is 0 Å². The van der Waals surface area contributed by atoms with Crippen molar-refractivity contribution in [2.24, 2.45) is 0 Å². The summed E-state index contributed by atoms with van der Waals surface area (Å²) in [4.78, 5) is 11.7. The third-order valence-corrected chi connectivity index (χ3v) is 2.41. The Kier molecular flexibility index (Phi) is 4.07. The summed E-state index contributed by atoms with van der Waals surface area (Å²) in [6.07, 6.45) is 5.95. The Balaban J connectivity index is 2.98. The SMILES string of the molecule is CC/C=C/C(=O)c1c(Br)cnn1CC. The van der Waals surface area contributed by atoms with Gasteiger partial charge in [0.25, 0.3) is 0 Å². The number of nitrogens with zero attached hydrogens (tertiary/aromatic N) is 2. The summed E-state index contributed by atoms with van der Waals surface area (Å²) in [5, 5.41) is 4.08. The zero-order chi connectivity index (χ0) is 10.6. The predicted octanol–water partition coefficient (Wildman–Crippen LogP) is 2.81. The minimum Gasteiger partial charge on any atom is -0.288 e. The molecule has 0 saturated carbocycles. The zero-order valence-corrected chi connectivity index (χ0v) is 9.91. The topological polar surface area (TPSA) is 34.9 Å². The molecule has 0 radical (unpaired) electrons. The van der Waals surface area contributed by atoms with Crippen molar-refractivity contribution < 1.29 is 4.79 Å². The van der Waals surface area contributed by atoms with Gasteiger partial charge in [-0.3, -0.25) is 9.48 Å². The molecule has 0 fully saturated rings. The molecule has 1 heterocycles. The van der Waals surface area contributed by atoms with Crippen molar-refractivity contribution >= 4 is 21.7 Å². The first-order valence-electron chi connectivity index (χ1n) is 4.62. The lowest BCUT2D eigenvalue weighted by Crippen LogP contribution is -2.07. The Hall–Kier alpha value is -0.900. The van der Waals surface area contributed by atoms with E-state index in [-0.39, 0.29) is 5.78 Å². The number of allylic oxidation sites excluding steroid dienone is 2. The van der Waals surface area contributed by atoms with Gasteiger partial charge in [0.2, 0.25) is 5.78 Å². The van der Waals surface area contributed by atoms with Gasteiger partial charge in [-0.25, -0.2) is 0 Å². The molecular weight excluding hydrogens is 244 g/mol. The molecule has 76 valence electrons. The van der Waals surface area contributed by atoms with Gasteiger partial charge in [-0.05, 0) is 35.4 Å². The van der Waals surface area contributed by atoms with Crippen LogP contribution in [0.4, 0.5) is 0 Å². The van der Waals surface area contributed by atoms with E-state index in [2.05, 4.69) is 21.0 Å². The molecule has 0 N–H and O–H groups in total. The molecule has 0 aliphatic heterocycles. The van der Waals surface area contributed by atoms with E-state index in [1.165, 1.54) is 0 Å². The van der Waals surface area contributed by atoms with Crippen molar-refractivity contribution in [1.82, 2.24) is 9.78 Å². The maximum Gasteiger partial charge on any atom is 0.204 e. The third kappa shape index (κ3) is 2.32. The lowest BCUT2D eigenvalue weighted by Gasteiger charge is -2.00. The van der Waals surface area contributed by atoms with Crippen molar-refractivity contribution in [2.75, 3.05) is 0 Å². The molecule has 0 aliphatic carbocycles. The van der Waals surface area contributed by atoms with Crippen LogP contribution >= 0.6 is 15.9 Å². The summed E-state index contributed by atoms with van der Waals surface area (Å²) in [5.41, 5.74) is 0.622. The van der Waals surface area contributed by atoms with Gasteiger partial charge in [-0.2, -0.15) is 5.10 Å². The van der Waals surface area contributed by atoms with E-state index in [1.54, 1.807) is 17.0 Å². The van der Waals surface area contributed by atoms with Crippen LogP contribution < -0.4 is 0 Å². The second-order valence-corrected chi connectivity index (χ2v) is 3.69. The van der Waals surface area contributed by atoms with Crippen LogP contribution in [0.2, 0.25) is 0 Å². The Bertz CT molecular complexity index is 355. The van der Waals surface area contributed by atoms with Gasteiger partial charge in [-0.15, -0.1) is 0 Å². The van der Waals surface area contributed by atoms with Crippen LogP contribution in [0.25, 0.3) is 0 Å². The highest BCUT2D eigenvalue weighted by Crippen LogP contribution is 2.16. The molecule has 0 aromatic carbocycles. The summed E-state index contributed by atoms with van der Waals surface area (Å²) >= 11 is 3.31. The lowest BCUT2D eigenvalue weighted by molar-refractivity contribution is 0.103. The first kappa shape index (κ1) is 11.2. The van der Waals surface area contributed by atoms with Crippen LogP contribution in [0.5, 0.6) is 0 Å². The van der Waals surface area contributed by atoms with E-state index < -0.39 is 0 Å². The number of halogens is 1. The second-order valence-electron chi connectivity index (χ2n) is 2.83. The maximum atomic E-state index is 11.7. The molecule has 0 amide bonds. The van der Waals surface area contributed by atoms with Crippen molar-refractivity contribution in [3.63, 3.8) is 0 Å². The third-order valence-electron chi connectivity index (χ3n) is 1.83. The van der Waals surface area contributed by atoms with E-state index in [0.29, 0.717) is 12.2 Å². The van der Waals surface area contributed by atoms with Gasteiger partial charge in [-0.1, -0.05) is 13.0 Å². The number of hydrogen-bond donors (Lipinski definition) is 0. The molecular formula is C10H13BrN2O. The van der Waals surface area contributed by atoms with Gasteiger partial charge in [0, 0.05) is 6.54 Å². The number of aryl methyl sites for hydroxylation is 1. The molecule has 3 nitrogen and oxygen atoms in total. The summed E-state index contributed by atoms with van der Waals surface area (Å²) in [6, 6.07) is 0. The van der Waals surface area contributed by atoms with Crippen LogP contribution in [0, 0.1) is 0 Å². The molecule has 14 heavy (non-hydrogen) atoms. The fourth-order valence-corrected chi connectivity index (χ4v) is 1.64. The fourth-order valence-electron chi connectivity index (χ4n) is 1.15. The number of carbonyl (C=O) groups excluding carboxylic acids is 1. The Labute approximate surface area is 91.9 Å². The standard InChI is InChI=1S/C10H13BrN2O/c1-3-5-6-9(14)10-8(11)7-12-13(10)4-2/h5-7H,3-4H2,1-2H3/b6-5+. The summed E-state index contributed by atoms with van der Waals surface area (Å²) in [7, 11) is 0. The van der Waals surface area contributed by atoms with Crippen LogP contribution in [0.15, 0.2) is 22.8 Å². The van der Waals surface area contributed by atoms with Crippen molar-refractivity contribution in [2.45, 2.75) is 26.8 Å². The second kappa shape index (κ2) is 5.10. The summed E-state index contributed by atoms with van der Waals surface area (Å²) < 4.78 is 2.44. The quantitative estimate of drug-likeness (QED) is 0.614. The van der Waals surface area contributed by atoms with Crippen molar-refractivity contribution in [3.05, 3.63) is 28.5 Å². The zero-order valence-electron chi connectivity index (χ0n) is 8.33. The van der Waals surface area contributed by atoms with E-state index in [0.717, 1.165) is 10.9 Å². The van der Waals surface area contributed by atoms with E-state index >= 15 is 0 Å². The molecule has 0 aliphatic rings. The van der Waals surface area contributed by atoms with Gasteiger partial charge < -0.3 is 0 Å². The normalized spacial score (nSPS) is 11.1. The van der Waals surface area contributed by atoms with Crippen LogP contribution in [-0.4, -0.2) is 15.6 Å². The van der Waals surface area contributed by atoms with Crippen molar-refractivity contribution in [1.29, 1.82) is 0 Å². The monoisotopic (exact) mass is 256 g/mol. The molecule has 0 spiro atoms. The smallest absolute Gasteiger partial charge is 0.204 e. The highest BCUT2D eigenvalue weighted by Gasteiger charge is 2.13. The highest BCUT2D eigenvalue weighted by atomic mass is 79.9. The van der Waals surface area contributed by atoms with Crippen LogP contribution in [0.3, 0.4) is 0 Å². The van der Waals surface area contributed by atoms with Crippen LogP contribution in [-0.2, 0) is 6.54 Å². The molecule has 0 bridgehead atoms. The maximum absolute atomic E-state index is 11.7. The fraction of sp³-hybridized carbons (Fsp3) is 0.400. The molecule has 1 aromatic rings. The number of rotatable bonds is 4. The molecule has 0 atom stereocenters. The first-order valence-corrected chi connectivity index (χ1v) is 5.42. The van der Waals surface area contributed by atoms with Gasteiger partial charge >= 0.3 is 0 Å². The van der Waals surface area contributed by atoms with E-state index in [1.807, 2.05) is 19.9 Å². The minimum atomic E-state index is -0.00178. The number of carbonyl (C=O) groups is 1.